The quantitative estimate of drug-likeness (QED) is 0.431. The molecule has 0 atom stereocenters. The van der Waals surface area contributed by atoms with Crippen molar-refractivity contribution in [3.63, 3.8) is 0 Å². The van der Waals surface area contributed by atoms with Crippen molar-refractivity contribution in [1.82, 2.24) is 9.88 Å². The second-order valence-corrected chi connectivity index (χ2v) is 10.6. The highest BCUT2D eigenvalue weighted by atomic mass is 35.5. The van der Waals surface area contributed by atoms with Gasteiger partial charge in [0.25, 0.3) is 0 Å². The molecule has 37 heavy (non-hydrogen) atoms. The maximum atomic E-state index is 14.7. The van der Waals surface area contributed by atoms with E-state index in [2.05, 4.69) is 4.98 Å². The van der Waals surface area contributed by atoms with Crippen molar-refractivity contribution >= 4 is 40.8 Å². The first-order chi connectivity index (χ1) is 17.2. The Morgan fingerprint density at radius 1 is 1.14 bits per heavy atom. The molecule has 4 rings (SSSR count). The zero-order chi connectivity index (χ0) is 27.1. The van der Waals surface area contributed by atoms with E-state index in [0.29, 0.717) is 5.56 Å². The smallest absolute Gasteiger partial charge is 0.420 e. The molecule has 0 unspecified atom stereocenters. The number of benzene rings is 1. The largest absolute Gasteiger partial charge is 0.443 e. The number of fused-ring (bicyclic) bond motifs is 2. The summed E-state index contributed by atoms with van der Waals surface area (Å²) < 4.78 is 58.7. The molecule has 12 heteroatoms. The van der Waals surface area contributed by atoms with Crippen LogP contribution in [0.15, 0.2) is 30.5 Å². The van der Waals surface area contributed by atoms with Crippen LogP contribution in [0.3, 0.4) is 0 Å². The lowest BCUT2D eigenvalue weighted by Gasteiger charge is -2.34. The second-order valence-electron chi connectivity index (χ2n) is 10.1. The van der Waals surface area contributed by atoms with Crippen molar-refractivity contribution < 1.29 is 31.9 Å². The molecule has 0 bridgehead atoms. The lowest BCUT2D eigenvalue weighted by molar-refractivity contribution is -0.149. The van der Waals surface area contributed by atoms with E-state index in [9.17, 15) is 27.2 Å². The van der Waals surface area contributed by atoms with Crippen LogP contribution in [0.2, 0.25) is 5.02 Å². The van der Waals surface area contributed by atoms with Crippen LogP contribution in [-0.2, 0) is 16.1 Å². The summed E-state index contributed by atoms with van der Waals surface area (Å²) in [4.78, 5) is 35.2. The average Bonchev–Trinajstić information content (AvgIpc) is 2.92. The first-order valence-corrected chi connectivity index (χ1v) is 12.2. The van der Waals surface area contributed by atoms with Gasteiger partial charge < -0.3 is 9.64 Å². The molecule has 0 aliphatic carbocycles. The number of likely N-dealkylation sites (tertiary alicyclic amines) is 1. The molecule has 2 aromatic rings. The molecule has 1 saturated heterocycles. The second kappa shape index (κ2) is 10.1. The number of pyridine rings is 1. The van der Waals surface area contributed by atoms with Gasteiger partial charge in [0.15, 0.2) is 0 Å². The Bertz CT molecular complexity index is 1190. The maximum absolute atomic E-state index is 14.7. The van der Waals surface area contributed by atoms with Crippen molar-refractivity contribution in [3.05, 3.63) is 46.9 Å². The molecule has 3 heterocycles. The van der Waals surface area contributed by atoms with E-state index in [4.69, 9.17) is 16.3 Å². The van der Waals surface area contributed by atoms with E-state index < -0.39 is 36.2 Å². The molecular formula is C25H27ClF4N4O3. The van der Waals surface area contributed by atoms with Crippen LogP contribution < -0.4 is 9.80 Å². The molecule has 1 fully saturated rings. The number of piperidine rings is 1. The Hall–Kier alpha value is -2.92. The molecule has 1 aromatic heterocycles. The summed E-state index contributed by atoms with van der Waals surface area (Å²) in [7, 11) is 0. The van der Waals surface area contributed by atoms with Gasteiger partial charge in [-0.15, -0.1) is 0 Å². The molecule has 2 amide bonds. The topological polar surface area (TPSA) is 66.0 Å². The lowest BCUT2D eigenvalue weighted by atomic mass is 9.94. The third-order valence-corrected chi connectivity index (χ3v) is 6.43. The first kappa shape index (κ1) is 27.1. The van der Waals surface area contributed by atoms with Crippen LogP contribution >= 0.6 is 11.6 Å². The van der Waals surface area contributed by atoms with Crippen LogP contribution in [0.25, 0.3) is 0 Å². The fraction of sp³-hybridized carbons (Fsp3) is 0.480. The molecule has 0 spiro atoms. The zero-order valence-corrected chi connectivity index (χ0v) is 21.4. The fourth-order valence-corrected chi connectivity index (χ4v) is 4.70. The third kappa shape index (κ3) is 6.15. The Morgan fingerprint density at radius 3 is 2.43 bits per heavy atom. The minimum absolute atomic E-state index is 0.000961. The zero-order valence-electron chi connectivity index (χ0n) is 20.6. The van der Waals surface area contributed by atoms with E-state index in [1.54, 1.807) is 32.9 Å². The minimum Gasteiger partial charge on any atom is -0.443 e. The molecular weight excluding hydrogens is 516 g/mol. The van der Waals surface area contributed by atoms with Gasteiger partial charge >= 0.3 is 12.3 Å². The van der Waals surface area contributed by atoms with Crippen LogP contribution in [0.5, 0.6) is 0 Å². The summed E-state index contributed by atoms with van der Waals surface area (Å²) in [5.74, 6) is -1.54. The SMILES string of the molecule is CC(C)(C)OC(=O)N1c2cc(F)c(Cl)cc2N(C(=O)C2CCN(CC(F)(F)F)CC2)Cc2cccnc21. The number of aromatic nitrogens is 1. The summed E-state index contributed by atoms with van der Waals surface area (Å²) in [5, 5.41) is -0.250. The number of hydrogen-bond donors (Lipinski definition) is 0. The predicted octanol–water partition coefficient (Wildman–Crippen LogP) is 6.07. The number of amides is 2. The lowest BCUT2D eigenvalue weighted by Crippen LogP contribution is -2.45. The Morgan fingerprint density at radius 2 is 1.81 bits per heavy atom. The molecule has 0 saturated carbocycles. The molecule has 0 radical (unpaired) electrons. The van der Waals surface area contributed by atoms with Crippen LogP contribution in [0.1, 0.15) is 39.2 Å². The maximum Gasteiger partial charge on any atom is 0.420 e. The van der Waals surface area contributed by atoms with E-state index in [0.717, 1.165) is 11.0 Å². The number of rotatable bonds is 2. The highest BCUT2D eigenvalue weighted by Crippen LogP contribution is 2.44. The number of hydrogen-bond acceptors (Lipinski definition) is 5. The van der Waals surface area contributed by atoms with Gasteiger partial charge in [-0.2, -0.15) is 13.2 Å². The van der Waals surface area contributed by atoms with Crippen molar-refractivity contribution in [1.29, 1.82) is 0 Å². The summed E-state index contributed by atoms with van der Waals surface area (Å²) >= 11 is 6.10. The van der Waals surface area contributed by atoms with E-state index in [1.165, 1.54) is 22.1 Å². The highest BCUT2D eigenvalue weighted by Gasteiger charge is 2.39. The normalized spacial score (nSPS) is 17.2. The fourth-order valence-electron chi connectivity index (χ4n) is 4.55. The predicted molar refractivity (Wildman–Crippen MR) is 130 cm³/mol. The van der Waals surface area contributed by atoms with Gasteiger partial charge in [-0.05, 0) is 58.8 Å². The van der Waals surface area contributed by atoms with Gasteiger partial charge in [-0.3, -0.25) is 9.69 Å². The van der Waals surface area contributed by atoms with E-state index in [1.807, 2.05) is 0 Å². The molecule has 2 aliphatic heterocycles. The Labute approximate surface area is 216 Å². The average molecular weight is 543 g/mol. The minimum atomic E-state index is -4.32. The molecule has 2 aliphatic rings. The summed E-state index contributed by atoms with van der Waals surface area (Å²) in [6.45, 7) is 4.26. The molecule has 0 N–H and O–H groups in total. The number of halogens is 5. The Balaban J connectivity index is 1.73. The van der Waals surface area contributed by atoms with Crippen LogP contribution in [0.4, 0.5) is 39.5 Å². The van der Waals surface area contributed by atoms with Crippen molar-refractivity contribution in [3.8, 4) is 0 Å². The van der Waals surface area contributed by atoms with Gasteiger partial charge in [-0.1, -0.05) is 17.7 Å². The van der Waals surface area contributed by atoms with Crippen LogP contribution in [-0.4, -0.2) is 53.3 Å². The monoisotopic (exact) mass is 542 g/mol. The van der Waals surface area contributed by atoms with E-state index in [-0.39, 0.29) is 60.6 Å². The molecule has 1 aromatic carbocycles. The highest BCUT2D eigenvalue weighted by molar-refractivity contribution is 6.31. The van der Waals surface area contributed by atoms with Crippen molar-refractivity contribution in [2.75, 3.05) is 29.4 Å². The van der Waals surface area contributed by atoms with Gasteiger partial charge in [0.05, 0.1) is 29.5 Å². The number of anilines is 3. The first-order valence-electron chi connectivity index (χ1n) is 11.8. The number of carbonyl (C=O) groups excluding carboxylic acids is 2. The van der Waals surface area contributed by atoms with Gasteiger partial charge in [0, 0.05) is 23.7 Å². The number of carbonyl (C=O) groups is 2. The molecule has 200 valence electrons. The van der Waals surface area contributed by atoms with E-state index >= 15 is 0 Å². The summed E-state index contributed by atoms with van der Waals surface area (Å²) in [6.07, 6.45) is -3.21. The summed E-state index contributed by atoms with van der Waals surface area (Å²) in [6, 6.07) is 5.66. The standard InChI is InChI=1S/C25H27ClF4N4O3/c1-24(2,3)37-23(36)34-20-12-18(27)17(26)11-19(20)33(13-16-5-4-8-31-21(16)34)22(35)15-6-9-32(10-7-15)14-25(28,29)30/h4-5,8,11-12,15H,6-7,9-10,13-14H2,1-3H3. The van der Waals surface area contributed by atoms with Crippen molar-refractivity contribution in [2.45, 2.75) is 51.9 Å². The number of alkyl halides is 3. The third-order valence-electron chi connectivity index (χ3n) is 6.14. The van der Waals surface area contributed by atoms with Gasteiger partial charge in [0.2, 0.25) is 5.91 Å². The number of ether oxygens (including phenoxy) is 1. The Kier molecular flexibility index (Phi) is 7.40. The van der Waals surface area contributed by atoms with Gasteiger partial charge in [-0.25, -0.2) is 19.1 Å². The molecule has 7 nitrogen and oxygen atoms in total. The van der Waals surface area contributed by atoms with Crippen molar-refractivity contribution in [2.24, 2.45) is 5.92 Å². The van der Waals surface area contributed by atoms with Gasteiger partial charge in [0.1, 0.15) is 17.2 Å². The van der Waals surface area contributed by atoms with Crippen LogP contribution in [0, 0.1) is 11.7 Å². The number of nitrogens with zero attached hydrogens (tertiary/aromatic N) is 4. The summed E-state index contributed by atoms with van der Waals surface area (Å²) in [5.41, 5.74) is -0.165.